The van der Waals surface area contributed by atoms with Gasteiger partial charge in [-0.25, -0.2) is 14.8 Å². The molecule has 0 aliphatic carbocycles. The fraction of sp³-hybridized carbons (Fsp3) is 0.350. The molecule has 0 fully saturated rings. The summed E-state index contributed by atoms with van der Waals surface area (Å²) in [7, 11) is 1.53. The van der Waals surface area contributed by atoms with Crippen LogP contribution in [-0.4, -0.2) is 31.1 Å². The Balaban J connectivity index is 2.07. The maximum absolute atomic E-state index is 12.8. The number of carbonyl (C=O) groups excluding carboxylic acids is 1. The predicted molar refractivity (Wildman–Crippen MR) is 107 cm³/mol. The first-order chi connectivity index (χ1) is 13.3. The molecule has 2 aromatic heterocycles. The molecule has 3 rings (SSSR count). The molecule has 8 heteroatoms. The van der Waals surface area contributed by atoms with Crippen molar-refractivity contribution in [1.29, 1.82) is 0 Å². The largest absolute Gasteiger partial charge is 0.352 e. The molecule has 0 spiro atoms. The fourth-order valence-electron chi connectivity index (χ4n) is 2.83. The van der Waals surface area contributed by atoms with Crippen molar-refractivity contribution in [2.75, 3.05) is 0 Å². The van der Waals surface area contributed by atoms with Gasteiger partial charge in [0.05, 0.1) is 0 Å². The van der Waals surface area contributed by atoms with Gasteiger partial charge in [0.25, 0.3) is 5.56 Å². The van der Waals surface area contributed by atoms with E-state index in [9.17, 15) is 14.4 Å². The summed E-state index contributed by atoms with van der Waals surface area (Å²) >= 11 is 0. The van der Waals surface area contributed by atoms with E-state index in [1.807, 2.05) is 45.0 Å². The lowest BCUT2D eigenvalue weighted by molar-refractivity contribution is -0.122. The van der Waals surface area contributed by atoms with E-state index in [4.69, 9.17) is 0 Å². The number of fused-ring (bicyclic) bond motifs is 1. The van der Waals surface area contributed by atoms with Crippen molar-refractivity contribution in [1.82, 2.24) is 24.4 Å². The Morgan fingerprint density at radius 2 is 1.89 bits per heavy atom. The Morgan fingerprint density at radius 3 is 2.54 bits per heavy atom. The third-order valence-corrected chi connectivity index (χ3v) is 4.71. The van der Waals surface area contributed by atoms with Crippen LogP contribution in [-0.2, 0) is 18.4 Å². The van der Waals surface area contributed by atoms with Gasteiger partial charge >= 0.3 is 5.69 Å². The average Bonchev–Trinajstić information content (AvgIpc) is 2.69. The van der Waals surface area contributed by atoms with Gasteiger partial charge in [-0.05, 0) is 20.3 Å². The number of nitrogens with zero attached hydrogens (tertiary/aromatic N) is 4. The number of rotatable bonds is 5. The van der Waals surface area contributed by atoms with Crippen molar-refractivity contribution < 1.29 is 4.79 Å². The van der Waals surface area contributed by atoms with E-state index < -0.39 is 11.2 Å². The van der Waals surface area contributed by atoms with Crippen molar-refractivity contribution in [3.05, 3.63) is 56.9 Å². The number of hydrogen-bond donors (Lipinski definition) is 1. The zero-order chi connectivity index (χ0) is 20.4. The summed E-state index contributed by atoms with van der Waals surface area (Å²) in [5, 5.41) is 2.95. The Kier molecular flexibility index (Phi) is 5.39. The number of aryl methyl sites for hydroxylation is 2. The Morgan fingerprint density at radius 1 is 1.21 bits per heavy atom. The summed E-state index contributed by atoms with van der Waals surface area (Å²) in [6, 6.07) is 7.61. The molecule has 0 unspecified atom stereocenters. The second-order valence-electron chi connectivity index (χ2n) is 6.91. The molecule has 0 aliphatic heterocycles. The van der Waals surface area contributed by atoms with Crippen LogP contribution in [0.25, 0.3) is 22.4 Å². The van der Waals surface area contributed by atoms with E-state index >= 15 is 0 Å². The quantitative estimate of drug-likeness (QED) is 0.720. The molecular weight excluding hydrogens is 358 g/mol. The molecule has 2 heterocycles. The number of amides is 1. The minimum atomic E-state index is -0.592. The minimum Gasteiger partial charge on any atom is -0.352 e. The highest BCUT2D eigenvalue weighted by atomic mass is 16.2. The van der Waals surface area contributed by atoms with Crippen LogP contribution in [0.2, 0.25) is 0 Å². The topological polar surface area (TPSA) is 98.9 Å². The van der Waals surface area contributed by atoms with E-state index in [1.165, 1.54) is 17.8 Å². The Labute approximate surface area is 161 Å². The second-order valence-corrected chi connectivity index (χ2v) is 6.91. The third-order valence-electron chi connectivity index (χ3n) is 4.71. The van der Waals surface area contributed by atoms with Crippen LogP contribution in [0.15, 0.2) is 40.1 Å². The van der Waals surface area contributed by atoms with Gasteiger partial charge in [0.15, 0.2) is 11.5 Å². The lowest BCUT2D eigenvalue weighted by atomic mass is 10.1. The Bertz CT molecular complexity index is 1150. The molecule has 3 aromatic rings. The van der Waals surface area contributed by atoms with Crippen LogP contribution in [0.4, 0.5) is 0 Å². The van der Waals surface area contributed by atoms with Gasteiger partial charge in [0.2, 0.25) is 5.91 Å². The van der Waals surface area contributed by atoms with E-state index in [0.29, 0.717) is 5.82 Å². The predicted octanol–water partition coefficient (Wildman–Crippen LogP) is 1.38. The standard InChI is InChI=1S/C20H23N5O3/c1-5-13(3)22-16(26)11-25-19(27)15-10-21-17(14-8-6-12(2)7-9-14)23-18(15)24(4)20(25)28/h6-10,13H,5,11H2,1-4H3,(H,22,26)/t13-/m1/s1. The van der Waals surface area contributed by atoms with Gasteiger partial charge in [0.1, 0.15) is 11.9 Å². The van der Waals surface area contributed by atoms with Gasteiger partial charge in [-0.2, -0.15) is 0 Å². The van der Waals surface area contributed by atoms with Gasteiger partial charge in [-0.1, -0.05) is 36.8 Å². The molecule has 1 amide bonds. The fourth-order valence-corrected chi connectivity index (χ4v) is 2.83. The summed E-state index contributed by atoms with van der Waals surface area (Å²) in [6.45, 7) is 5.44. The van der Waals surface area contributed by atoms with Gasteiger partial charge < -0.3 is 5.32 Å². The highest BCUT2D eigenvalue weighted by Gasteiger charge is 2.16. The lowest BCUT2D eigenvalue weighted by Gasteiger charge is -2.13. The maximum Gasteiger partial charge on any atom is 0.332 e. The summed E-state index contributed by atoms with van der Waals surface area (Å²) in [5.41, 5.74) is 0.963. The van der Waals surface area contributed by atoms with Crippen LogP contribution >= 0.6 is 0 Å². The van der Waals surface area contributed by atoms with Crippen LogP contribution in [0.1, 0.15) is 25.8 Å². The zero-order valence-corrected chi connectivity index (χ0v) is 16.4. The highest BCUT2D eigenvalue weighted by molar-refractivity contribution is 5.78. The maximum atomic E-state index is 12.8. The molecule has 0 saturated carbocycles. The molecule has 1 atom stereocenters. The van der Waals surface area contributed by atoms with Crippen LogP contribution in [0, 0.1) is 6.92 Å². The molecule has 1 aromatic carbocycles. The molecule has 28 heavy (non-hydrogen) atoms. The number of aromatic nitrogens is 4. The summed E-state index contributed by atoms with van der Waals surface area (Å²) in [6.07, 6.45) is 2.16. The van der Waals surface area contributed by atoms with E-state index in [1.54, 1.807) is 0 Å². The van der Waals surface area contributed by atoms with E-state index in [0.717, 1.165) is 22.1 Å². The number of nitrogens with one attached hydrogen (secondary N) is 1. The van der Waals surface area contributed by atoms with Crippen LogP contribution < -0.4 is 16.6 Å². The van der Waals surface area contributed by atoms with Crippen molar-refractivity contribution in [3.8, 4) is 11.4 Å². The van der Waals surface area contributed by atoms with Gasteiger partial charge in [-0.3, -0.25) is 18.7 Å². The zero-order valence-electron chi connectivity index (χ0n) is 16.4. The number of benzene rings is 1. The molecule has 0 saturated heterocycles. The molecule has 0 aliphatic rings. The number of carbonyl (C=O) groups is 1. The molecule has 1 N–H and O–H groups in total. The summed E-state index contributed by atoms with van der Waals surface area (Å²) < 4.78 is 2.18. The molecule has 146 valence electrons. The first-order valence-electron chi connectivity index (χ1n) is 9.14. The van der Waals surface area contributed by atoms with E-state index in [2.05, 4.69) is 15.3 Å². The number of hydrogen-bond acceptors (Lipinski definition) is 5. The van der Waals surface area contributed by atoms with E-state index in [-0.39, 0.29) is 29.5 Å². The Hall–Kier alpha value is -3.29. The smallest absolute Gasteiger partial charge is 0.332 e. The van der Waals surface area contributed by atoms with Crippen molar-refractivity contribution in [2.24, 2.45) is 7.05 Å². The van der Waals surface area contributed by atoms with Gasteiger partial charge in [-0.15, -0.1) is 0 Å². The molecular formula is C20H23N5O3. The SMILES string of the molecule is CC[C@@H](C)NC(=O)Cn1c(=O)c2cnc(-c3ccc(C)cc3)nc2n(C)c1=O. The average molecular weight is 381 g/mol. The highest BCUT2D eigenvalue weighted by Crippen LogP contribution is 2.16. The normalized spacial score (nSPS) is 12.1. The van der Waals surface area contributed by atoms with Crippen LogP contribution in [0.5, 0.6) is 0 Å². The van der Waals surface area contributed by atoms with Crippen LogP contribution in [0.3, 0.4) is 0 Å². The first-order valence-corrected chi connectivity index (χ1v) is 9.14. The third kappa shape index (κ3) is 3.71. The van der Waals surface area contributed by atoms with Gasteiger partial charge in [0, 0.05) is 24.8 Å². The summed E-state index contributed by atoms with van der Waals surface area (Å²) in [5.74, 6) is 0.0410. The second kappa shape index (κ2) is 7.75. The molecule has 8 nitrogen and oxygen atoms in total. The summed E-state index contributed by atoms with van der Waals surface area (Å²) in [4.78, 5) is 46.3. The van der Waals surface area contributed by atoms with Crippen molar-refractivity contribution in [3.63, 3.8) is 0 Å². The van der Waals surface area contributed by atoms with Crippen molar-refractivity contribution >= 4 is 16.9 Å². The first kappa shape index (κ1) is 19.5. The monoisotopic (exact) mass is 381 g/mol. The minimum absolute atomic E-state index is 0.0343. The molecule has 0 bridgehead atoms. The molecule has 0 radical (unpaired) electrons. The van der Waals surface area contributed by atoms with Crippen molar-refractivity contribution in [2.45, 2.75) is 39.8 Å². The lowest BCUT2D eigenvalue weighted by Crippen LogP contribution is -2.44.